The minimum absolute atomic E-state index is 0.0594. The lowest BCUT2D eigenvalue weighted by atomic mass is 9.99. The van der Waals surface area contributed by atoms with Crippen LogP contribution in [0.2, 0.25) is 0 Å². The van der Waals surface area contributed by atoms with Gasteiger partial charge in [0.25, 0.3) is 0 Å². The molecular weight excluding hydrogens is 244 g/mol. The van der Waals surface area contributed by atoms with Crippen molar-refractivity contribution < 1.29 is 9.59 Å². The van der Waals surface area contributed by atoms with Crippen LogP contribution in [-0.4, -0.2) is 17.2 Å². The molecule has 1 atom stereocenters. The average molecular weight is 261 g/mol. The summed E-state index contributed by atoms with van der Waals surface area (Å²) in [4.78, 5) is 21.8. The smallest absolute Gasteiger partial charge is 0.202 e. The van der Waals surface area contributed by atoms with Crippen LogP contribution in [0.3, 0.4) is 0 Å². The van der Waals surface area contributed by atoms with E-state index in [2.05, 4.69) is 24.5 Å². The molecule has 0 N–H and O–H groups in total. The Hall–Kier alpha value is -1.09. The number of fused-ring (bicyclic) bond motifs is 1. The first-order chi connectivity index (χ1) is 8.69. The molecule has 1 aromatic carbocycles. The van der Waals surface area contributed by atoms with Gasteiger partial charge in [-0.1, -0.05) is 30.0 Å². The summed E-state index contributed by atoms with van der Waals surface area (Å²) < 4.78 is 0. The molecule has 1 aliphatic carbocycles. The molecule has 1 aliphatic rings. The first-order valence-corrected chi connectivity index (χ1v) is 7.29. The van der Waals surface area contributed by atoms with Crippen molar-refractivity contribution in [3.63, 3.8) is 0 Å². The highest BCUT2D eigenvalue weighted by Crippen LogP contribution is 2.24. The van der Waals surface area contributed by atoms with E-state index in [-0.39, 0.29) is 11.0 Å². The summed E-state index contributed by atoms with van der Waals surface area (Å²) in [6.07, 6.45) is 6.31. The zero-order valence-electron chi connectivity index (χ0n) is 10.6. The minimum Gasteiger partial charge on any atom is -0.291 e. The molecule has 0 heterocycles. The summed E-state index contributed by atoms with van der Waals surface area (Å²) in [5.41, 5.74) is 4.06. The monoisotopic (exact) mass is 261 g/mol. The van der Waals surface area contributed by atoms with Crippen molar-refractivity contribution in [3.05, 3.63) is 34.9 Å². The van der Waals surface area contributed by atoms with Gasteiger partial charge in [-0.15, -0.1) is 0 Å². The lowest BCUT2D eigenvalue weighted by Gasteiger charge is -2.09. The van der Waals surface area contributed by atoms with Crippen molar-refractivity contribution in [1.82, 2.24) is 0 Å². The van der Waals surface area contributed by atoms with Gasteiger partial charge in [0.05, 0.1) is 0 Å². The Balaban J connectivity index is 1.98. The Labute approximate surface area is 112 Å². The number of hydrogen-bond acceptors (Lipinski definition) is 3. The van der Waals surface area contributed by atoms with Crippen LogP contribution in [0.1, 0.15) is 30.0 Å². The number of hydrogen-bond donors (Lipinski definition) is 0. The predicted molar refractivity (Wildman–Crippen MR) is 74.5 cm³/mol. The maximum atomic E-state index is 10.9. The third-order valence-corrected chi connectivity index (χ3v) is 4.28. The van der Waals surface area contributed by atoms with Gasteiger partial charge in [-0.05, 0) is 42.4 Å². The number of carbonyl (C=O) groups is 1. The summed E-state index contributed by atoms with van der Waals surface area (Å²) >= 11 is 1.21. The average Bonchev–Trinajstić information content (AvgIpc) is 2.81. The first-order valence-electron chi connectivity index (χ1n) is 6.30. The number of benzene rings is 1. The maximum Gasteiger partial charge on any atom is 0.202 e. The number of thioether (sulfide) groups is 1. The molecule has 1 radical (unpaired) electrons. The van der Waals surface area contributed by atoms with Crippen LogP contribution in [0.4, 0.5) is 0 Å². The van der Waals surface area contributed by atoms with E-state index in [1.165, 1.54) is 48.2 Å². The zero-order chi connectivity index (χ0) is 13.0. The van der Waals surface area contributed by atoms with Crippen LogP contribution in [0, 0.1) is 5.92 Å². The van der Waals surface area contributed by atoms with Crippen LogP contribution in [0.5, 0.6) is 0 Å². The van der Waals surface area contributed by atoms with Crippen molar-refractivity contribution in [2.75, 3.05) is 5.75 Å². The Bertz CT molecular complexity index is 454. The van der Waals surface area contributed by atoms with Crippen molar-refractivity contribution in [3.8, 4) is 0 Å². The molecule has 0 fully saturated rings. The van der Waals surface area contributed by atoms with E-state index in [4.69, 9.17) is 0 Å². The molecule has 0 bridgehead atoms. The Kier molecular flexibility index (Phi) is 4.59. The molecule has 0 aliphatic heterocycles. The van der Waals surface area contributed by atoms with E-state index in [0.29, 0.717) is 12.2 Å². The summed E-state index contributed by atoms with van der Waals surface area (Å²) in [6.45, 7) is 1.53. The van der Waals surface area contributed by atoms with Crippen LogP contribution in [0.25, 0.3) is 0 Å². The molecule has 95 valence electrons. The van der Waals surface area contributed by atoms with Crippen molar-refractivity contribution >= 4 is 23.2 Å². The van der Waals surface area contributed by atoms with Gasteiger partial charge in [0, 0.05) is 18.6 Å². The minimum atomic E-state index is -0.182. The van der Waals surface area contributed by atoms with E-state index in [1.54, 1.807) is 0 Å². The molecular formula is C15H17O2S. The quantitative estimate of drug-likeness (QED) is 0.817. The second kappa shape index (κ2) is 6.19. The van der Waals surface area contributed by atoms with Gasteiger partial charge >= 0.3 is 0 Å². The van der Waals surface area contributed by atoms with Crippen molar-refractivity contribution in [2.24, 2.45) is 5.92 Å². The molecule has 0 spiro atoms. The fourth-order valence-electron chi connectivity index (χ4n) is 2.39. The predicted octanol–water partition coefficient (Wildman–Crippen LogP) is 2.72. The standard InChI is InChI=1S/C15H17O2S/c1-11(17)18-10-13(9-16)7-12-5-6-14-3-2-4-15(14)8-12/h5-6,8,13H,2-4,7,10H2,1H3. The summed E-state index contributed by atoms with van der Waals surface area (Å²) in [7, 11) is 0. The number of carbonyl (C=O) groups excluding carboxylic acids is 2. The van der Waals surface area contributed by atoms with Gasteiger partial charge in [0.1, 0.15) is 0 Å². The Morgan fingerprint density at radius 2 is 2.17 bits per heavy atom. The van der Waals surface area contributed by atoms with Gasteiger partial charge < -0.3 is 0 Å². The van der Waals surface area contributed by atoms with Crippen molar-refractivity contribution in [2.45, 2.75) is 32.6 Å². The Morgan fingerprint density at radius 1 is 1.39 bits per heavy atom. The summed E-state index contributed by atoms with van der Waals surface area (Å²) in [5, 5.41) is 0.0594. The molecule has 0 aromatic heterocycles. The van der Waals surface area contributed by atoms with Crippen LogP contribution in [0.15, 0.2) is 18.2 Å². The topological polar surface area (TPSA) is 34.1 Å². The van der Waals surface area contributed by atoms with E-state index in [0.717, 1.165) is 6.42 Å². The van der Waals surface area contributed by atoms with Gasteiger partial charge in [0.15, 0.2) is 5.12 Å². The van der Waals surface area contributed by atoms with Crippen LogP contribution in [-0.2, 0) is 28.9 Å². The van der Waals surface area contributed by atoms with Crippen LogP contribution >= 0.6 is 11.8 Å². The van der Waals surface area contributed by atoms with E-state index >= 15 is 0 Å². The molecule has 18 heavy (non-hydrogen) atoms. The van der Waals surface area contributed by atoms with Gasteiger partial charge in [-0.25, -0.2) is 0 Å². The van der Waals surface area contributed by atoms with Crippen molar-refractivity contribution in [1.29, 1.82) is 0 Å². The molecule has 2 rings (SSSR count). The highest BCUT2D eigenvalue weighted by Gasteiger charge is 2.14. The van der Waals surface area contributed by atoms with Gasteiger partial charge in [-0.2, -0.15) is 0 Å². The van der Waals surface area contributed by atoms with E-state index < -0.39 is 0 Å². The Morgan fingerprint density at radius 3 is 2.89 bits per heavy atom. The second-order valence-electron chi connectivity index (χ2n) is 4.78. The first kappa shape index (κ1) is 13.3. The molecule has 2 nitrogen and oxygen atoms in total. The highest BCUT2D eigenvalue weighted by molar-refractivity contribution is 8.13. The number of rotatable bonds is 5. The molecule has 0 amide bonds. The third kappa shape index (κ3) is 3.45. The third-order valence-electron chi connectivity index (χ3n) is 3.30. The van der Waals surface area contributed by atoms with Gasteiger partial charge in [0.2, 0.25) is 6.29 Å². The lowest BCUT2D eigenvalue weighted by molar-refractivity contribution is -0.109. The summed E-state index contributed by atoms with van der Waals surface area (Å²) in [6, 6.07) is 6.50. The molecule has 0 saturated carbocycles. The lowest BCUT2D eigenvalue weighted by Crippen LogP contribution is -2.10. The highest BCUT2D eigenvalue weighted by atomic mass is 32.2. The van der Waals surface area contributed by atoms with Gasteiger partial charge in [-0.3, -0.25) is 9.59 Å². The fraction of sp³-hybridized carbons (Fsp3) is 0.467. The molecule has 1 aromatic rings. The van der Waals surface area contributed by atoms with E-state index in [1.807, 2.05) is 0 Å². The molecule has 1 unspecified atom stereocenters. The van der Waals surface area contributed by atoms with E-state index in [9.17, 15) is 9.59 Å². The number of aryl methyl sites for hydroxylation is 2. The van der Waals surface area contributed by atoms with Crippen LogP contribution < -0.4 is 0 Å². The summed E-state index contributed by atoms with van der Waals surface area (Å²) in [5.74, 6) is 0.356. The maximum absolute atomic E-state index is 10.9. The second-order valence-corrected chi connectivity index (χ2v) is 5.98. The fourth-order valence-corrected chi connectivity index (χ4v) is 3.01. The molecule has 3 heteroatoms. The zero-order valence-corrected chi connectivity index (χ0v) is 11.4. The normalized spacial score (nSPS) is 15.2. The largest absolute Gasteiger partial charge is 0.291 e. The molecule has 0 saturated heterocycles. The SMILES string of the molecule is CC(=O)SCC([C]=O)Cc1ccc2c(c1)CCC2.